The van der Waals surface area contributed by atoms with Gasteiger partial charge < -0.3 is 21.1 Å². The van der Waals surface area contributed by atoms with Gasteiger partial charge in [-0.25, -0.2) is 0 Å². The quantitative estimate of drug-likeness (QED) is 0.673. The largest absolute Gasteiger partial charge is 0.399 e. The van der Waals surface area contributed by atoms with E-state index in [4.69, 9.17) is 10.5 Å². The van der Waals surface area contributed by atoms with Gasteiger partial charge in [0.1, 0.15) is 0 Å². The van der Waals surface area contributed by atoms with E-state index in [-0.39, 0.29) is 11.8 Å². The van der Waals surface area contributed by atoms with E-state index in [2.05, 4.69) is 15.5 Å². The van der Waals surface area contributed by atoms with Gasteiger partial charge in [0, 0.05) is 37.4 Å². The maximum absolute atomic E-state index is 12.6. The molecule has 1 heterocycles. The van der Waals surface area contributed by atoms with Crippen LogP contribution in [0.15, 0.2) is 48.5 Å². The zero-order valence-electron chi connectivity index (χ0n) is 15.1. The summed E-state index contributed by atoms with van der Waals surface area (Å²) in [4.78, 5) is 27.2. The summed E-state index contributed by atoms with van der Waals surface area (Å²) in [7, 11) is 0. The number of amides is 2. The summed E-state index contributed by atoms with van der Waals surface area (Å²) in [5, 5.41) is 5.71. The number of anilines is 2. The average Bonchev–Trinajstić information content (AvgIpc) is 2.69. The molecule has 1 aliphatic rings. The molecule has 1 aliphatic heterocycles. The van der Waals surface area contributed by atoms with Gasteiger partial charge in [0.25, 0.3) is 11.8 Å². The van der Waals surface area contributed by atoms with E-state index in [0.717, 1.165) is 32.8 Å². The van der Waals surface area contributed by atoms with Crippen LogP contribution in [-0.2, 0) is 4.74 Å². The lowest BCUT2D eigenvalue weighted by Crippen LogP contribution is -2.41. The molecule has 0 aromatic heterocycles. The summed E-state index contributed by atoms with van der Waals surface area (Å²) >= 11 is 0. The van der Waals surface area contributed by atoms with Crippen molar-refractivity contribution in [2.45, 2.75) is 0 Å². The second-order valence-electron chi connectivity index (χ2n) is 6.34. The van der Waals surface area contributed by atoms with E-state index in [9.17, 15) is 9.59 Å². The Morgan fingerprint density at radius 1 is 1.04 bits per heavy atom. The molecule has 1 saturated heterocycles. The lowest BCUT2D eigenvalue weighted by molar-refractivity contribution is 0.0383. The molecule has 0 spiro atoms. The summed E-state index contributed by atoms with van der Waals surface area (Å²) in [6, 6.07) is 13.7. The molecule has 2 amide bonds. The second kappa shape index (κ2) is 9.16. The van der Waals surface area contributed by atoms with Crippen LogP contribution < -0.4 is 16.4 Å². The minimum absolute atomic E-state index is 0.216. The highest BCUT2D eigenvalue weighted by molar-refractivity contribution is 6.09. The van der Waals surface area contributed by atoms with Crippen molar-refractivity contribution >= 4 is 23.2 Å². The monoisotopic (exact) mass is 368 g/mol. The molecule has 2 aromatic carbocycles. The van der Waals surface area contributed by atoms with Crippen LogP contribution >= 0.6 is 0 Å². The van der Waals surface area contributed by atoms with Crippen molar-refractivity contribution in [2.75, 3.05) is 50.4 Å². The highest BCUT2D eigenvalue weighted by atomic mass is 16.5. The topological polar surface area (TPSA) is 96.7 Å². The number of benzene rings is 2. The first-order chi connectivity index (χ1) is 13.1. The molecule has 0 atom stereocenters. The molecule has 3 rings (SSSR count). The molecule has 7 heteroatoms. The van der Waals surface area contributed by atoms with E-state index in [1.54, 1.807) is 48.5 Å². The van der Waals surface area contributed by atoms with Crippen LogP contribution in [0, 0.1) is 0 Å². The average molecular weight is 368 g/mol. The summed E-state index contributed by atoms with van der Waals surface area (Å²) in [6.45, 7) is 4.52. The van der Waals surface area contributed by atoms with Gasteiger partial charge in [0.05, 0.1) is 24.5 Å². The Hall–Kier alpha value is -2.90. The van der Waals surface area contributed by atoms with Crippen molar-refractivity contribution < 1.29 is 14.3 Å². The Balaban J connectivity index is 1.60. The third-order valence-corrected chi connectivity index (χ3v) is 4.39. The Kier molecular flexibility index (Phi) is 6.40. The number of nitrogens with two attached hydrogens (primary N) is 1. The first-order valence-electron chi connectivity index (χ1n) is 8.98. The Morgan fingerprint density at radius 2 is 1.81 bits per heavy atom. The van der Waals surface area contributed by atoms with Gasteiger partial charge in [-0.3, -0.25) is 14.5 Å². The van der Waals surface area contributed by atoms with Crippen LogP contribution in [0.5, 0.6) is 0 Å². The number of ether oxygens (including phenoxy) is 1. The SMILES string of the molecule is Nc1cccc(C(=O)Nc2ccccc2C(=O)NCCN2CCOCC2)c1. The molecule has 0 bridgehead atoms. The van der Waals surface area contributed by atoms with Gasteiger partial charge in [0.15, 0.2) is 0 Å². The van der Waals surface area contributed by atoms with Crippen LogP contribution in [0.2, 0.25) is 0 Å². The van der Waals surface area contributed by atoms with Crippen LogP contribution in [0.1, 0.15) is 20.7 Å². The van der Waals surface area contributed by atoms with Gasteiger partial charge in [0.2, 0.25) is 0 Å². The first-order valence-corrected chi connectivity index (χ1v) is 8.98. The highest BCUT2D eigenvalue weighted by Gasteiger charge is 2.15. The lowest BCUT2D eigenvalue weighted by atomic mass is 10.1. The first kappa shape index (κ1) is 18.9. The Bertz CT molecular complexity index is 803. The molecule has 7 nitrogen and oxygen atoms in total. The van der Waals surface area contributed by atoms with E-state index >= 15 is 0 Å². The molecule has 0 aliphatic carbocycles. The molecular weight excluding hydrogens is 344 g/mol. The number of nitrogen functional groups attached to an aromatic ring is 1. The minimum Gasteiger partial charge on any atom is -0.399 e. The van der Waals surface area contributed by atoms with Crippen molar-refractivity contribution in [3.8, 4) is 0 Å². The number of hydrogen-bond donors (Lipinski definition) is 3. The van der Waals surface area contributed by atoms with Crippen molar-refractivity contribution in [1.29, 1.82) is 0 Å². The summed E-state index contributed by atoms with van der Waals surface area (Å²) < 4.78 is 5.32. The number of morpholine rings is 1. The van der Waals surface area contributed by atoms with E-state index in [1.165, 1.54) is 0 Å². The number of nitrogens with one attached hydrogen (secondary N) is 2. The van der Waals surface area contributed by atoms with Crippen molar-refractivity contribution in [3.05, 3.63) is 59.7 Å². The predicted molar refractivity (Wildman–Crippen MR) is 105 cm³/mol. The minimum atomic E-state index is -0.309. The molecule has 27 heavy (non-hydrogen) atoms. The zero-order chi connectivity index (χ0) is 19.1. The van der Waals surface area contributed by atoms with Crippen LogP contribution in [0.4, 0.5) is 11.4 Å². The number of carbonyl (C=O) groups is 2. The molecule has 2 aromatic rings. The fourth-order valence-electron chi connectivity index (χ4n) is 2.91. The molecule has 0 unspecified atom stereocenters. The van der Waals surface area contributed by atoms with Gasteiger partial charge in [-0.05, 0) is 30.3 Å². The van der Waals surface area contributed by atoms with Gasteiger partial charge in [-0.1, -0.05) is 18.2 Å². The van der Waals surface area contributed by atoms with Gasteiger partial charge >= 0.3 is 0 Å². The molecule has 0 saturated carbocycles. The van der Waals surface area contributed by atoms with E-state index in [1.807, 2.05) is 0 Å². The van der Waals surface area contributed by atoms with Crippen LogP contribution in [-0.4, -0.2) is 56.1 Å². The molecule has 4 N–H and O–H groups in total. The Morgan fingerprint density at radius 3 is 2.59 bits per heavy atom. The number of nitrogens with zero attached hydrogens (tertiary/aromatic N) is 1. The van der Waals surface area contributed by atoms with E-state index in [0.29, 0.717) is 29.0 Å². The van der Waals surface area contributed by atoms with Crippen molar-refractivity contribution in [3.63, 3.8) is 0 Å². The fourth-order valence-corrected chi connectivity index (χ4v) is 2.91. The third kappa shape index (κ3) is 5.29. The van der Waals surface area contributed by atoms with Crippen molar-refractivity contribution in [1.82, 2.24) is 10.2 Å². The lowest BCUT2D eigenvalue weighted by Gasteiger charge is -2.26. The maximum atomic E-state index is 12.6. The summed E-state index contributed by atoms with van der Waals surface area (Å²) in [5.74, 6) is -0.525. The number of hydrogen-bond acceptors (Lipinski definition) is 5. The summed E-state index contributed by atoms with van der Waals surface area (Å²) in [5.41, 5.74) is 7.58. The second-order valence-corrected chi connectivity index (χ2v) is 6.34. The summed E-state index contributed by atoms with van der Waals surface area (Å²) in [6.07, 6.45) is 0. The van der Waals surface area contributed by atoms with Crippen LogP contribution in [0.25, 0.3) is 0 Å². The number of para-hydroxylation sites is 1. The predicted octanol–water partition coefficient (Wildman–Crippen LogP) is 1.58. The van der Waals surface area contributed by atoms with E-state index < -0.39 is 0 Å². The van der Waals surface area contributed by atoms with Gasteiger partial charge in [-0.15, -0.1) is 0 Å². The van der Waals surface area contributed by atoms with Crippen molar-refractivity contribution in [2.24, 2.45) is 0 Å². The molecular formula is C20H24N4O3. The van der Waals surface area contributed by atoms with Crippen LogP contribution in [0.3, 0.4) is 0 Å². The molecule has 142 valence electrons. The number of rotatable bonds is 6. The fraction of sp³-hybridized carbons (Fsp3) is 0.300. The van der Waals surface area contributed by atoms with Gasteiger partial charge in [-0.2, -0.15) is 0 Å². The standard InChI is InChI=1S/C20H24N4O3/c21-16-5-3-4-15(14-16)19(25)23-18-7-2-1-6-17(18)20(26)22-8-9-24-10-12-27-13-11-24/h1-7,14H,8-13,21H2,(H,22,26)(H,23,25). The molecule has 1 fully saturated rings. The smallest absolute Gasteiger partial charge is 0.255 e. The third-order valence-electron chi connectivity index (χ3n) is 4.39. The highest BCUT2D eigenvalue weighted by Crippen LogP contribution is 2.17. The molecule has 0 radical (unpaired) electrons. The zero-order valence-corrected chi connectivity index (χ0v) is 15.1. The Labute approximate surface area is 158 Å². The maximum Gasteiger partial charge on any atom is 0.255 e. The normalized spacial score (nSPS) is 14.5. The number of carbonyl (C=O) groups excluding carboxylic acids is 2.